The molecule has 3 aromatic rings. The summed E-state index contributed by atoms with van der Waals surface area (Å²) in [5.74, 6) is -1.50. The largest absolute Gasteiger partial charge is 0.507 e. The Kier molecular flexibility index (Phi) is 4.37. The van der Waals surface area contributed by atoms with E-state index in [1.807, 2.05) is 18.2 Å². The number of rotatable bonds is 4. The van der Waals surface area contributed by atoms with Crippen LogP contribution < -0.4 is 9.64 Å². The summed E-state index contributed by atoms with van der Waals surface area (Å²) in [4.78, 5) is 26.8. The fourth-order valence-corrected chi connectivity index (χ4v) is 4.65. The second kappa shape index (κ2) is 7.02. The molecule has 1 unspecified atom stereocenters. The molecule has 0 radical (unpaired) electrons. The van der Waals surface area contributed by atoms with Crippen molar-refractivity contribution >= 4 is 17.6 Å². The highest BCUT2D eigenvalue weighted by Gasteiger charge is 2.54. The molecular formula is C25H21NO6. The minimum atomic E-state index is -1.38. The summed E-state index contributed by atoms with van der Waals surface area (Å²) in [5, 5.41) is 19.9. The van der Waals surface area contributed by atoms with Crippen LogP contribution in [0.25, 0.3) is 0 Å². The molecule has 7 heteroatoms. The number of anilines is 1. The van der Waals surface area contributed by atoms with Crippen LogP contribution in [0.4, 0.5) is 5.69 Å². The Morgan fingerprint density at radius 3 is 2.41 bits per heavy atom. The van der Waals surface area contributed by atoms with Gasteiger partial charge in [-0.25, -0.2) is 9.59 Å². The van der Waals surface area contributed by atoms with Gasteiger partial charge in [-0.3, -0.25) is 0 Å². The van der Waals surface area contributed by atoms with E-state index in [2.05, 4.69) is 18.7 Å². The molecule has 162 valence electrons. The van der Waals surface area contributed by atoms with Gasteiger partial charge in [0.25, 0.3) is 0 Å². The number of ether oxygens (including phenoxy) is 2. The highest BCUT2D eigenvalue weighted by molar-refractivity contribution is 5.98. The van der Waals surface area contributed by atoms with Crippen molar-refractivity contribution in [1.82, 2.24) is 0 Å². The normalized spacial score (nSPS) is 17.8. The average molecular weight is 431 g/mol. The molecule has 2 heterocycles. The third-order valence-corrected chi connectivity index (χ3v) is 6.17. The minimum Gasteiger partial charge on any atom is -0.507 e. The van der Waals surface area contributed by atoms with Crippen LogP contribution in [0, 0.1) is 0 Å². The van der Waals surface area contributed by atoms with E-state index in [1.165, 1.54) is 12.1 Å². The van der Waals surface area contributed by atoms with Gasteiger partial charge in [0.2, 0.25) is 0 Å². The Morgan fingerprint density at radius 2 is 1.69 bits per heavy atom. The lowest BCUT2D eigenvalue weighted by Gasteiger charge is -2.37. The monoisotopic (exact) mass is 431 g/mol. The summed E-state index contributed by atoms with van der Waals surface area (Å²) in [7, 11) is 0. The van der Waals surface area contributed by atoms with Crippen LogP contribution in [0.15, 0.2) is 54.6 Å². The average Bonchev–Trinajstić information content (AvgIpc) is 3.07. The van der Waals surface area contributed by atoms with Crippen molar-refractivity contribution in [2.24, 2.45) is 0 Å². The molecular weight excluding hydrogens is 410 g/mol. The van der Waals surface area contributed by atoms with Crippen molar-refractivity contribution < 1.29 is 29.3 Å². The predicted octanol–water partition coefficient (Wildman–Crippen LogP) is 4.50. The van der Waals surface area contributed by atoms with E-state index in [9.17, 15) is 19.8 Å². The van der Waals surface area contributed by atoms with Gasteiger partial charge in [0, 0.05) is 47.6 Å². The number of phenols is 1. The van der Waals surface area contributed by atoms with Gasteiger partial charge in [-0.15, -0.1) is 0 Å². The van der Waals surface area contributed by atoms with Crippen molar-refractivity contribution in [1.29, 1.82) is 0 Å². The van der Waals surface area contributed by atoms with Crippen molar-refractivity contribution in [2.45, 2.75) is 19.4 Å². The summed E-state index contributed by atoms with van der Waals surface area (Å²) in [6.45, 7) is 5.72. The van der Waals surface area contributed by atoms with Gasteiger partial charge in [0.15, 0.2) is 5.60 Å². The Morgan fingerprint density at radius 1 is 0.969 bits per heavy atom. The number of hydrogen-bond donors (Lipinski definition) is 2. The molecule has 7 nitrogen and oxygen atoms in total. The third kappa shape index (κ3) is 2.60. The molecule has 3 aromatic carbocycles. The van der Waals surface area contributed by atoms with E-state index in [4.69, 9.17) is 9.47 Å². The molecule has 0 saturated heterocycles. The number of carbonyl (C=O) groups is 2. The van der Waals surface area contributed by atoms with Crippen molar-refractivity contribution in [3.63, 3.8) is 0 Å². The Bertz CT molecular complexity index is 1280. The first-order valence-corrected chi connectivity index (χ1v) is 10.4. The third-order valence-electron chi connectivity index (χ3n) is 6.17. The molecule has 0 amide bonds. The molecule has 0 saturated carbocycles. The van der Waals surface area contributed by atoms with Gasteiger partial charge < -0.3 is 24.6 Å². The fraction of sp³-hybridized carbons (Fsp3) is 0.200. The molecule has 1 atom stereocenters. The maximum Gasteiger partial charge on any atom is 0.340 e. The van der Waals surface area contributed by atoms with E-state index in [0.717, 1.165) is 18.8 Å². The molecule has 0 bridgehead atoms. The van der Waals surface area contributed by atoms with E-state index in [-0.39, 0.29) is 11.3 Å². The number of carboxylic acids is 1. The van der Waals surface area contributed by atoms with Gasteiger partial charge in [-0.1, -0.05) is 18.2 Å². The summed E-state index contributed by atoms with van der Waals surface area (Å²) < 4.78 is 12.2. The first-order chi connectivity index (χ1) is 15.4. The maximum absolute atomic E-state index is 12.9. The Labute approximate surface area is 184 Å². The first kappa shape index (κ1) is 19.9. The number of esters is 1. The van der Waals surface area contributed by atoms with E-state index < -0.39 is 23.3 Å². The smallest absolute Gasteiger partial charge is 0.340 e. The molecule has 32 heavy (non-hydrogen) atoms. The van der Waals surface area contributed by atoms with Crippen LogP contribution in [-0.2, 0) is 10.3 Å². The zero-order chi connectivity index (χ0) is 22.6. The summed E-state index contributed by atoms with van der Waals surface area (Å²) in [6.07, 6.45) is 0. The molecule has 2 aliphatic heterocycles. The molecule has 2 aliphatic rings. The lowest BCUT2D eigenvalue weighted by atomic mass is 9.77. The second-order valence-corrected chi connectivity index (χ2v) is 7.74. The maximum atomic E-state index is 12.9. The second-order valence-electron chi connectivity index (χ2n) is 7.74. The summed E-state index contributed by atoms with van der Waals surface area (Å²) >= 11 is 0. The zero-order valence-corrected chi connectivity index (χ0v) is 17.6. The van der Waals surface area contributed by atoms with Gasteiger partial charge >= 0.3 is 11.9 Å². The zero-order valence-electron chi connectivity index (χ0n) is 17.6. The lowest BCUT2D eigenvalue weighted by molar-refractivity contribution is 0.0224. The van der Waals surface area contributed by atoms with E-state index in [1.54, 1.807) is 24.3 Å². The van der Waals surface area contributed by atoms with E-state index >= 15 is 0 Å². The highest BCUT2D eigenvalue weighted by atomic mass is 16.6. The number of aromatic hydroxyl groups is 1. The van der Waals surface area contributed by atoms with Gasteiger partial charge in [0.1, 0.15) is 22.8 Å². The van der Waals surface area contributed by atoms with Crippen LogP contribution >= 0.6 is 0 Å². The van der Waals surface area contributed by atoms with Crippen LogP contribution in [0.2, 0.25) is 0 Å². The minimum absolute atomic E-state index is 0.237. The number of carbonyl (C=O) groups excluding carboxylic acids is 1. The topological polar surface area (TPSA) is 96.3 Å². The number of nitrogens with zero attached hydrogens (tertiary/aromatic N) is 1. The van der Waals surface area contributed by atoms with Gasteiger partial charge in [-0.2, -0.15) is 0 Å². The van der Waals surface area contributed by atoms with Gasteiger partial charge in [-0.05, 0) is 38.1 Å². The molecule has 5 rings (SSSR count). The molecule has 1 spiro atoms. The Balaban J connectivity index is 1.83. The molecule has 0 fully saturated rings. The Hall–Kier alpha value is -4.00. The molecule has 0 aromatic heterocycles. The van der Waals surface area contributed by atoms with Gasteiger partial charge in [0.05, 0.1) is 5.56 Å². The fourth-order valence-electron chi connectivity index (χ4n) is 4.65. The van der Waals surface area contributed by atoms with Crippen molar-refractivity contribution in [3.05, 3.63) is 82.4 Å². The highest BCUT2D eigenvalue weighted by Crippen LogP contribution is 2.57. The number of hydrogen-bond acceptors (Lipinski definition) is 6. The number of carboxylic acid groups (broad SMARTS) is 1. The summed E-state index contributed by atoms with van der Waals surface area (Å²) in [6, 6.07) is 15.3. The SMILES string of the molecule is CCN(CC)c1ccc2c(c1)Oc1cc(O)c(C(=O)O)cc1C21OC(=O)c2ccccc21. The first-order valence-electron chi connectivity index (χ1n) is 10.4. The quantitative estimate of drug-likeness (QED) is 0.587. The van der Waals surface area contributed by atoms with Crippen LogP contribution in [0.1, 0.15) is 51.3 Å². The lowest BCUT2D eigenvalue weighted by Crippen LogP contribution is -2.33. The molecule has 0 aliphatic carbocycles. The number of aromatic carboxylic acids is 1. The predicted molar refractivity (Wildman–Crippen MR) is 117 cm³/mol. The summed E-state index contributed by atoms with van der Waals surface area (Å²) in [5.41, 5.74) is 1.23. The molecule has 2 N–H and O–H groups in total. The van der Waals surface area contributed by atoms with Crippen molar-refractivity contribution in [3.8, 4) is 17.2 Å². The van der Waals surface area contributed by atoms with E-state index in [0.29, 0.717) is 28.0 Å². The standard InChI is InChI=1S/C25H21NO6/c1-3-26(4-2)14-9-10-18-21(11-14)31-22-13-20(27)16(23(28)29)12-19(22)25(18)17-8-6-5-7-15(17)24(30)32-25/h5-13,27H,3-4H2,1-2H3,(H,28,29). The number of fused-ring (bicyclic) bond motifs is 6. The van der Waals surface area contributed by atoms with Crippen LogP contribution in [0.3, 0.4) is 0 Å². The number of benzene rings is 3. The van der Waals surface area contributed by atoms with Crippen LogP contribution in [-0.4, -0.2) is 35.2 Å². The van der Waals surface area contributed by atoms with Crippen molar-refractivity contribution in [2.75, 3.05) is 18.0 Å². The van der Waals surface area contributed by atoms with Crippen LogP contribution in [0.5, 0.6) is 17.2 Å².